The van der Waals surface area contributed by atoms with Crippen LogP contribution >= 0.6 is 15.9 Å². The molecule has 3 aromatic rings. The van der Waals surface area contributed by atoms with Crippen molar-refractivity contribution in [2.45, 2.75) is 0 Å². The number of carbonyl (C=O) groups excluding carboxylic acids is 1. The van der Waals surface area contributed by atoms with Crippen molar-refractivity contribution < 1.29 is 6.22 Å². The zero-order chi connectivity index (χ0) is 15.4. The van der Waals surface area contributed by atoms with Gasteiger partial charge in [-0.1, -0.05) is 52.3 Å². The molecule has 2 nitrogen and oxygen atoms in total. The third-order valence-corrected chi connectivity index (χ3v) is 3.89. The summed E-state index contributed by atoms with van der Waals surface area (Å²) in [6.07, 6.45) is 8.73. The van der Waals surface area contributed by atoms with Crippen LogP contribution < -0.4 is 0 Å². The van der Waals surface area contributed by atoms with Crippen molar-refractivity contribution in [2.24, 2.45) is 0 Å². The van der Waals surface area contributed by atoms with E-state index in [0.717, 1.165) is 26.5 Å². The van der Waals surface area contributed by atoms with Gasteiger partial charge in [0.05, 0.1) is 0 Å². The molecule has 0 fully saturated rings. The van der Waals surface area contributed by atoms with Crippen LogP contribution in [0.2, 0.25) is 0 Å². The summed E-state index contributed by atoms with van der Waals surface area (Å²) in [6, 6.07) is 15.8. The highest BCUT2D eigenvalue weighted by Gasteiger charge is 1.99. The monoisotopic (exact) mass is 352 g/mol. The molecular formula is C19H15BrNO. The third-order valence-electron chi connectivity index (χ3n) is 3.36. The van der Waals surface area contributed by atoms with Gasteiger partial charge in [0.25, 0.3) is 0 Å². The van der Waals surface area contributed by atoms with Gasteiger partial charge in [-0.25, -0.2) is 0 Å². The lowest BCUT2D eigenvalue weighted by molar-refractivity contribution is -0.110. The van der Waals surface area contributed by atoms with Crippen molar-refractivity contribution in [1.29, 1.82) is 0 Å². The van der Waals surface area contributed by atoms with Crippen LogP contribution in [0.1, 0.15) is 12.6 Å². The number of allylic oxidation sites excluding steroid dienone is 2. The van der Waals surface area contributed by atoms with Crippen molar-refractivity contribution in [2.75, 3.05) is 0 Å². The molecule has 1 aromatic heterocycles. The fourth-order valence-corrected chi connectivity index (χ4v) is 2.48. The average molecular weight is 353 g/mol. The van der Waals surface area contributed by atoms with E-state index in [1.54, 1.807) is 12.2 Å². The Hall–Kier alpha value is -2.39. The summed E-state index contributed by atoms with van der Waals surface area (Å²) in [5.41, 5.74) is 3.08. The van der Waals surface area contributed by atoms with E-state index in [9.17, 15) is 4.79 Å². The number of ketones is 1. The average Bonchev–Trinajstić information content (AvgIpc) is 2.96. The van der Waals surface area contributed by atoms with Crippen molar-refractivity contribution >= 4 is 44.8 Å². The minimum atomic E-state index is -0.0341. The molecule has 3 heteroatoms. The maximum Gasteiger partial charge on any atom is 0.178 e. The van der Waals surface area contributed by atoms with Gasteiger partial charge in [-0.15, -0.1) is 0 Å². The van der Waals surface area contributed by atoms with Crippen molar-refractivity contribution in [3.8, 4) is 0 Å². The smallest absolute Gasteiger partial charge is 0.178 e. The molecule has 1 N–H and O–H groups in total. The van der Waals surface area contributed by atoms with E-state index in [1.807, 2.05) is 66.9 Å². The van der Waals surface area contributed by atoms with Crippen LogP contribution in [-0.4, -0.2) is 10.8 Å². The minimum absolute atomic E-state index is 0. The summed E-state index contributed by atoms with van der Waals surface area (Å²) in [5, 5.41) is 1.11. The Morgan fingerprint density at radius 3 is 2.55 bits per heavy atom. The second-order valence-electron chi connectivity index (χ2n) is 4.91. The Morgan fingerprint density at radius 2 is 1.73 bits per heavy atom. The van der Waals surface area contributed by atoms with Gasteiger partial charge in [0.15, 0.2) is 5.78 Å². The van der Waals surface area contributed by atoms with Crippen LogP contribution in [0, 0.1) is 0 Å². The lowest BCUT2D eigenvalue weighted by Gasteiger charge is -1.93. The molecule has 0 spiro atoms. The number of fused-ring (bicyclic) bond motifs is 1. The van der Waals surface area contributed by atoms with Gasteiger partial charge >= 0.3 is 0 Å². The lowest BCUT2D eigenvalue weighted by atomic mass is 10.1. The molecule has 2 aromatic carbocycles. The van der Waals surface area contributed by atoms with E-state index < -0.39 is 0 Å². The van der Waals surface area contributed by atoms with Gasteiger partial charge in [0, 0.05) is 23.0 Å². The Bertz CT molecular complexity index is 862. The van der Waals surface area contributed by atoms with Crippen molar-refractivity contribution in [3.63, 3.8) is 0 Å². The topological polar surface area (TPSA) is 32.9 Å². The molecule has 0 unspecified atom stereocenters. The molecule has 0 aliphatic rings. The Balaban J connectivity index is 0.00000192. The number of aromatic amines is 1. The Kier molecular flexibility index (Phi) is 4.35. The first-order valence-corrected chi connectivity index (χ1v) is 7.73. The van der Waals surface area contributed by atoms with Crippen LogP contribution in [0.4, 0.5) is 0 Å². The predicted molar refractivity (Wildman–Crippen MR) is 96.6 cm³/mol. The first-order chi connectivity index (χ1) is 10.7. The van der Waals surface area contributed by atoms with Gasteiger partial charge in [-0.2, -0.15) is 0 Å². The van der Waals surface area contributed by atoms with E-state index in [4.69, 9.17) is 0 Å². The van der Waals surface area contributed by atoms with Gasteiger partial charge in [-0.3, -0.25) is 4.79 Å². The van der Waals surface area contributed by atoms with Crippen molar-refractivity contribution in [3.05, 3.63) is 82.5 Å². The molecule has 1 heterocycles. The molecule has 3 rings (SSSR count). The molecule has 0 bridgehead atoms. The number of rotatable bonds is 4. The Morgan fingerprint density at radius 1 is 1.00 bits per heavy atom. The van der Waals surface area contributed by atoms with Crippen LogP contribution in [0.15, 0.2) is 71.4 Å². The standard InChI is InChI=1S/C19H14BrNO.H/c20-16-9-5-14(6-10-16)7-11-17(22)12-8-15-13-21-19-4-2-1-3-18(15)19;/h1-13,21H;/b11-7+,12-8+;. The molecule has 0 aliphatic carbocycles. The summed E-state index contributed by atoms with van der Waals surface area (Å²) in [4.78, 5) is 15.1. The molecular weight excluding hydrogens is 338 g/mol. The molecule has 22 heavy (non-hydrogen) atoms. The highest BCUT2D eigenvalue weighted by molar-refractivity contribution is 9.10. The summed E-state index contributed by atoms with van der Waals surface area (Å²) >= 11 is 3.39. The van der Waals surface area contributed by atoms with Gasteiger partial charge in [-0.05, 0) is 47.6 Å². The molecule has 0 amide bonds. The number of aromatic nitrogens is 1. The fraction of sp³-hybridized carbons (Fsp3) is 0. The van der Waals surface area contributed by atoms with E-state index in [-0.39, 0.29) is 7.21 Å². The third kappa shape index (κ3) is 3.43. The largest absolute Gasteiger partial charge is 0.361 e. The van der Waals surface area contributed by atoms with Crippen LogP contribution in [0.3, 0.4) is 0 Å². The molecule has 1 radical (unpaired) electrons. The Labute approximate surface area is 138 Å². The van der Waals surface area contributed by atoms with Gasteiger partial charge < -0.3 is 4.98 Å². The zero-order valence-electron chi connectivity index (χ0n) is 12.8. The number of nitrogens with one attached hydrogen (secondary N) is 1. The predicted octanol–water partition coefficient (Wildman–Crippen LogP) is 5.34. The second-order valence-corrected chi connectivity index (χ2v) is 5.83. The van der Waals surface area contributed by atoms with Crippen molar-refractivity contribution in [1.82, 2.24) is 4.98 Å². The van der Waals surface area contributed by atoms with E-state index >= 15 is 0 Å². The number of H-pyrrole nitrogens is 1. The molecule has 0 atom stereocenters. The highest BCUT2D eigenvalue weighted by Crippen LogP contribution is 2.18. The fourth-order valence-electron chi connectivity index (χ4n) is 2.21. The van der Waals surface area contributed by atoms with E-state index in [1.165, 1.54) is 0 Å². The van der Waals surface area contributed by atoms with Crippen LogP contribution in [0.5, 0.6) is 0 Å². The quantitative estimate of drug-likeness (QED) is 0.631. The summed E-state index contributed by atoms with van der Waals surface area (Å²) < 4.78 is 1.02. The van der Waals surface area contributed by atoms with Crippen LogP contribution in [0.25, 0.3) is 23.1 Å². The van der Waals surface area contributed by atoms with Gasteiger partial charge in [0.2, 0.25) is 0 Å². The number of hydrogen-bond acceptors (Lipinski definition) is 1. The molecule has 0 saturated heterocycles. The summed E-state index contributed by atoms with van der Waals surface area (Å²) in [6.45, 7) is 0. The lowest BCUT2D eigenvalue weighted by Crippen LogP contribution is -1.84. The normalized spacial score (nSPS) is 11.7. The second kappa shape index (κ2) is 6.58. The summed E-state index contributed by atoms with van der Waals surface area (Å²) in [7, 11) is 0. The zero-order valence-corrected chi connectivity index (χ0v) is 13.4. The summed E-state index contributed by atoms with van der Waals surface area (Å²) in [5.74, 6) is -0.0341. The first-order valence-electron chi connectivity index (χ1n) is 6.94. The maximum absolute atomic E-state index is 11.9. The van der Waals surface area contributed by atoms with Crippen LogP contribution in [-0.2, 0) is 4.79 Å². The molecule has 109 valence electrons. The minimum Gasteiger partial charge on any atom is -0.361 e. The van der Waals surface area contributed by atoms with E-state index in [2.05, 4.69) is 20.9 Å². The SMILES string of the molecule is O=C(/C=C/c1ccc(Br)cc1)/C=C/c1c[nH]c2ccccc12.[H]. The van der Waals surface area contributed by atoms with E-state index in [0.29, 0.717) is 0 Å². The highest BCUT2D eigenvalue weighted by atomic mass is 79.9. The maximum atomic E-state index is 11.9. The number of hydrogen-bond donors (Lipinski definition) is 1. The number of benzene rings is 2. The molecule has 0 aliphatic heterocycles. The number of carbonyl (C=O) groups is 1. The number of para-hydroxylation sites is 1. The number of halogens is 1. The first kappa shape index (κ1) is 14.5. The molecule has 0 saturated carbocycles. The van der Waals surface area contributed by atoms with Gasteiger partial charge in [0.1, 0.15) is 0 Å².